The van der Waals surface area contributed by atoms with Crippen molar-refractivity contribution < 1.29 is 4.79 Å². The molecular formula is C13H26N2O. The van der Waals surface area contributed by atoms with Gasteiger partial charge < -0.3 is 11.1 Å². The number of amides is 1. The largest absolute Gasteiger partial charge is 0.352 e. The van der Waals surface area contributed by atoms with Gasteiger partial charge in [-0.25, -0.2) is 0 Å². The number of carbonyl (C=O) groups excluding carboxylic acids is 1. The Bertz CT molecular complexity index is 212. The number of nitrogens with one attached hydrogen (secondary N) is 1. The summed E-state index contributed by atoms with van der Waals surface area (Å²) >= 11 is 0. The lowest BCUT2D eigenvalue weighted by molar-refractivity contribution is -0.123. The fourth-order valence-electron chi connectivity index (χ4n) is 2.56. The Hall–Kier alpha value is -0.570. The Kier molecular flexibility index (Phi) is 5.81. The monoisotopic (exact) mass is 226 g/mol. The molecule has 2 atom stereocenters. The minimum absolute atomic E-state index is 0.0277. The van der Waals surface area contributed by atoms with E-state index in [0.29, 0.717) is 18.4 Å². The van der Waals surface area contributed by atoms with Gasteiger partial charge in [-0.1, -0.05) is 33.1 Å². The van der Waals surface area contributed by atoms with Crippen LogP contribution in [0.3, 0.4) is 0 Å². The lowest BCUT2D eigenvalue weighted by Gasteiger charge is -2.31. The quantitative estimate of drug-likeness (QED) is 0.755. The first-order valence-corrected chi connectivity index (χ1v) is 6.75. The van der Waals surface area contributed by atoms with Crippen LogP contribution in [0, 0.1) is 5.92 Å². The molecule has 0 heterocycles. The molecule has 1 fully saturated rings. The van der Waals surface area contributed by atoms with Gasteiger partial charge in [-0.3, -0.25) is 4.79 Å². The molecule has 1 unspecified atom stereocenters. The second kappa shape index (κ2) is 6.89. The Labute approximate surface area is 99.2 Å². The standard InChI is InChI=1S/C13H26N2O/c1-3-11(14)13(16)15-12(4-2)10-8-6-5-7-9-10/h10-12H,3-9,14H2,1-2H3,(H,15,16)/t11-,12?/m1/s1. The highest BCUT2D eigenvalue weighted by Crippen LogP contribution is 2.27. The van der Waals surface area contributed by atoms with Crippen molar-refractivity contribution in [2.75, 3.05) is 0 Å². The lowest BCUT2D eigenvalue weighted by Crippen LogP contribution is -2.47. The first-order chi connectivity index (χ1) is 7.69. The second-order valence-electron chi connectivity index (χ2n) is 4.94. The fraction of sp³-hybridized carbons (Fsp3) is 0.923. The summed E-state index contributed by atoms with van der Waals surface area (Å²) in [6.07, 6.45) is 8.25. The molecule has 3 heteroatoms. The van der Waals surface area contributed by atoms with Crippen molar-refractivity contribution in [3.05, 3.63) is 0 Å². The molecule has 0 radical (unpaired) electrons. The van der Waals surface area contributed by atoms with E-state index in [-0.39, 0.29) is 11.9 Å². The van der Waals surface area contributed by atoms with Crippen molar-refractivity contribution in [3.63, 3.8) is 0 Å². The lowest BCUT2D eigenvalue weighted by atomic mass is 9.83. The van der Waals surface area contributed by atoms with Gasteiger partial charge in [0.1, 0.15) is 0 Å². The molecule has 0 aromatic carbocycles. The molecule has 0 aliphatic heterocycles. The van der Waals surface area contributed by atoms with Crippen molar-refractivity contribution in [3.8, 4) is 0 Å². The van der Waals surface area contributed by atoms with Crippen molar-refractivity contribution in [2.24, 2.45) is 11.7 Å². The highest BCUT2D eigenvalue weighted by molar-refractivity contribution is 5.81. The first-order valence-electron chi connectivity index (χ1n) is 6.75. The molecule has 1 rings (SSSR count). The molecule has 1 amide bonds. The number of hydrogen-bond acceptors (Lipinski definition) is 2. The highest BCUT2D eigenvalue weighted by Gasteiger charge is 2.24. The van der Waals surface area contributed by atoms with Crippen LogP contribution in [0.25, 0.3) is 0 Å². The predicted octanol–water partition coefficient (Wildman–Crippen LogP) is 2.20. The molecule has 1 aliphatic carbocycles. The minimum atomic E-state index is -0.336. The number of rotatable bonds is 5. The fourth-order valence-corrected chi connectivity index (χ4v) is 2.56. The van der Waals surface area contributed by atoms with Crippen molar-refractivity contribution in [1.29, 1.82) is 0 Å². The van der Waals surface area contributed by atoms with Crippen LogP contribution in [0.4, 0.5) is 0 Å². The molecule has 0 spiro atoms. The summed E-state index contributed by atoms with van der Waals surface area (Å²) < 4.78 is 0. The summed E-state index contributed by atoms with van der Waals surface area (Å²) in [6.45, 7) is 4.10. The van der Waals surface area contributed by atoms with Gasteiger partial charge >= 0.3 is 0 Å². The Morgan fingerprint density at radius 2 is 1.88 bits per heavy atom. The van der Waals surface area contributed by atoms with Crippen molar-refractivity contribution >= 4 is 5.91 Å². The summed E-state index contributed by atoms with van der Waals surface area (Å²) in [5.41, 5.74) is 5.74. The van der Waals surface area contributed by atoms with E-state index in [0.717, 1.165) is 6.42 Å². The summed E-state index contributed by atoms with van der Waals surface area (Å²) in [4.78, 5) is 11.7. The summed E-state index contributed by atoms with van der Waals surface area (Å²) in [7, 11) is 0. The van der Waals surface area contributed by atoms with Gasteiger partial charge in [0, 0.05) is 6.04 Å². The predicted molar refractivity (Wildman–Crippen MR) is 67.1 cm³/mol. The number of hydrogen-bond donors (Lipinski definition) is 2. The van der Waals surface area contributed by atoms with Crippen LogP contribution >= 0.6 is 0 Å². The molecule has 0 bridgehead atoms. The smallest absolute Gasteiger partial charge is 0.237 e. The van der Waals surface area contributed by atoms with Crippen molar-refractivity contribution in [2.45, 2.75) is 70.9 Å². The van der Waals surface area contributed by atoms with Crippen LogP contribution in [0.1, 0.15) is 58.8 Å². The second-order valence-corrected chi connectivity index (χ2v) is 4.94. The van der Waals surface area contributed by atoms with Crippen LogP contribution in [-0.2, 0) is 4.79 Å². The van der Waals surface area contributed by atoms with Gasteiger partial charge in [0.15, 0.2) is 0 Å². The van der Waals surface area contributed by atoms with E-state index < -0.39 is 0 Å². The van der Waals surface area contributed by atoms with Crippen LogP contribution in [-0.4, -0.2) is 18.0 Å². The topological polar surface area (TPSA) is 55.1 Å². The average molecular weight is 226 g/mol. The molecular weight excluding hydrogens is 200 g/mol. The van der Waals surface area contributed by atoms with Gasteiger partial charge in [0.2, 0.25) is 5.91 Å². The van der Waals surface area contributed by atoms with Gasteiger partial charge in [-0.05, 0) is 31.6 Å². The van der Waals surface area contributed by atoms with E-state index in [4.69, 9.17) is 5.73 Å². The first kappa shape index (κ1) is 13.5. The van der Waals surface area contributed by atoms with Gasteiger partial charge in [0.05, 0.1) is 6.04 Å². The molecule has 1 saturated carbocycles. The molecule has 16 heavy (non-hydrogen) atoms. The normalized spacial score (nSPS) is 21.4. The van der Waals surface area contributed by atoms with E-state index >= 15 is 0 Å². The van der Waals surface area contributed by atoms with Crippen LogP contribution in [0.5, 0.6) is 0 Å². The third-order valence-electron chi connectivity index (χ3n) is 3.76. The summed E-state index contributed by atoms with van der Waals surface area (Å²) in [6, 6.07) is 0.00282. The molecule has 3 N–H and O–H groups in total. The molecule has 0 aromatic rings. The Morgan fingerprint density at radius 3 is 2.38 bits per heavy atom. The SMILES string of the molecule is CCC(NC(=O)[C@H](N)CC)C1CCCCC1. The maximum atomic E-state index is 11.7. The highest BCUT2D eigenvalue weighted by atomic mass is 16.2. The van der Waals surface area contributed by atoms with Crippen LogP contribution < -0.4 is 11.1 Å². The van der Waals surface area contributed by atoms with Gasteiger partial charge in [-0.2, -0.15) is 0 Å². The maximum Gasteiger partial charge on any atom is 0.237 e. The zero-order chi connectivity index (χ0) is 12.0. The third-order valence-corrected chi connectivity index (χ3v) is 3.76. The van der Waals surface area contributed by atoms with E-state index in [9.17, 15) is 4.79 Å². The average Bonchev–Trinajstić information content (AvgIpc) is 2.35. The third kappa shape index (κ3) is 3.78. The van der Waals surface area contributed by atoms with Crippen LogP contribution in [0.2, 0.25) is 0 Å². The zero-order valence-electron chi connectivity index (χ0n) is 10.7. The molecule has 0 saturated heterocycles. The maximum absolute atomic E-state index is 11.7. The van der Waals surface area contributed by atoms with E-state index in [1.807, 2.05) is 6.92 Å². The van der Waals surface area contributed by atoms with Crippen LogP contribution in [0.15, 0.2) is 0 Å². The molecule has 0 aromatic heterocycles. The minimum Gasteiger partial charge on any atom is -0.352 e. The van der Waals surface area contributed by atoms with Gasteiger partial charge in [-0.15, -0.1) is 0 Å². The van der Waals surface area contributed by atoms with Gasteiger partial charge in [0.25, 0.3) is 0 Å². The van der Waals surface area contributed by atoms with Crippen molar-refractivity contribution in [1.82, 2.24) is 5.32 Å². The number of nitrogens with two attached hydrogens (primary N) is 1. The van der Waals surface area contributed by atoms with E-state index in [1.54, 1.807) is 0 Å². The van der Waals surface area contributed by atoms with E-state index in [1.165, 1.54) is 32.1 Å². The molecule has 94 valence electrons. The Balaban J connectivity index is 2.44. The summed E-state index contributed by atoms with van der Waals surface area (Å²) in [5, 5.41) is 3.12. The zero-order valence-corrected chi connectivity index (χ0v) is 10.7. The summed E-state index contributed by atoms with van der Waals surface area (Å²) in [5.74, 6) is 0.701. The number of carbonyl (C=O) groups is 1. The molecule has 1 aliphatic rings. The molecule has 3 nitrogen and oxygen atoms in total. The Morgan fingerprint density at radius 1 is 1.25 bits per heavy atom. The van der Waals surface area contributed by atoms with E-state index in [2.05, 4.69) is 12.2 Å².